The maximum atomic E-state index is 12.7. The van der Waals surface area contributed by atoms with Gasteiger partial charge in [0.1, 0.15) is 17.5 Å². The third-order valence-electron chi connectivity index (χ3n) is 2.68. The Hall–Kier alpha value is -2.88. The Morgan fingerprint density at radius 3 is 2.59 bits per heavy atom. The molecule has 0 bridgehead atoms. The number of carbonyl (C=O) groups is 2. The summed E-state index contributed by atoms with van der Waals surface area (Å²) in [4.78, 5) is 22.0. The summed E-state index contributed by atoms with van der Waals surface area (Å²) in [6.45, 7) is 0.528. The van der Waals surface area contributed by atoms with Crippen LogP contribution in [0.1, 0.15) is 18.4 Å². The highest BCUT2D eigenvalue weighted by Gasteiger charge is 2.08. The summed E-state index contributed by atoms with van der Waals surface area (Å²) in [6.07, 6.45) is 1.52. The van der Waals surface area contributed by atoms with Gasteiger partial charge in [-0.1, -0.05) is 12.1 Å². The van der Waals surface area contributed by atoms with Gasteiger partial charge in [0.15, 0.2) is 0 Å². The van der Waals surface area contributed by atoms with Gasteiger partial charge < -0.3 is 15.7 Å². The first-order chi connectivity index (χ1) is 10.5. The summed E-state index contributed by atoms with van der Waals surface area (Å²) in [5.41, 5.74) is 0.689. The number of carbonyl (C=O) groups excluding carboxylic acids is 1. The van der Waals surface area contributed by atoms with Crippen LogP contribution >= 0.6 is 0 Å². The van der Waals surface area contributed by atoms with Crippen LogP contribution in [-0.4, -0.2) is 23.5 Å². The van der Waals surface area contributed by atoms with Gasteiger partial charge in [0.05, 0.1) is 0 Å². The second-order valence-electron chi connectivity index (χ2n) is 4.43. The lowest BCUT2D eigenvalue weighted by atomic mass is 10.2. The first kappa shape index (κ1) is 17.2. The van der Waals surface area contributed by atoms with Crippen LogP contribution in [0.25, 0.3) is 0 Å². The van der Waals surface area contributed by atoms with Gasteiger partial charge in [0, 0.05) is 25.7 Å². The Balaban J connectivity index is 2.42. The standard InChI is InChI=1S/C15H16FN3O3/c16-13-5-3-11(4-6-13)9-18-10-12(8-17)15(22)19-7-1-2-14(20)21/h3-6,10,18H,1-2,7,9H2,(H,19,22)(H,20,21)/b12-10-. The molecule has 0 saturated heterocycles. The molecule has 22 heavy (non-hydrogen) atoms. The van der Waals surface area contributed by atoms with E-state index in [-0.39, 0.29) is 24.4 Å². The van der Waals surface area contributed by atoms with Gasteiger partial charge in [-0.2, -0.15) is 5.26 Å². The van der Waals surface area contributed by atoms with Crippen LogP contribution < -0.4 is 10.6 Å². The molecule has 1 rings (SSSR count). The van der Waals surface area contributed by atoms with Crippen LogP contribution in [0.15, 0.2) is 36.0 Å². The lowest BCUT2D eigenvalue weighted by molar-refractivity contribution is -0.137. The molecule has 0 fully saturated rings. The van der Waals surface area contributed by atoms with E-state index >= 15 is 0 Å². The molecule has 0 aliphatic heterocycles. The largest absolute Gasteiger partial charge is 0.481 e. The molecule has 0 atom stereocenters. The molecule has 0 aromatic heterocycles. The molecule has 7 heteroatoms. The minimum Gasteiger partial charge on any atom is -0.481 e. The third kappa shape index (κ3) is 6.52. The highest BCUT2D eigenvalue weighted by atomic mass is 19.1. The lowest BCUT2D eigenvalue weighted by Gasteiger charge is -2.04. The van der Waals surface area contributed by atoms with Crippen molar-refractivity contribution in [3.63, 3.8) is 0 Å². The van der Waals surface area contributed by atoms with Crippen molar-refractivity contribution in [1.29, 1.82) is 5.26 Å². The lowest BCUT2D eigenvalue weighted by Crippen LogP contribution is -2.27. The summed E-state index contributed by atoms with van der Waals surface area (Å²) >= 11 is 0. The first-order valence-corrected chi connectivity index (χ1v) is 6.61. The van der Waals surface area contributed by atoms with Gasteiger partial charge in [-0.05, 0) is 24.1 Å². The van der Waals surface area contributed by atoms with Crippen LogP contribution in [0.4, 0.5) is 4.39 Å². The minimum absolute atomic E-state index is 0.0469. The summed E-state index contributed by atoms with van der Waals surface area (Å²) in [5, 5.41) is 22.6. The maximum absolute atomic E-state index is 12.7. The summed E-state index contributed by atoms with van der Waals surface area (Å²) in [5.74, 6) is -1.84. The van der Waals surface area contributed by atoms with Gasteiger partial charge in [0.25, 0.3) is 5.91 Å². The molecule has 0 saturated carbocycles. The van der Waals surface area contributed by atoms with Crippen molar-refractivity contribution >= 4 is 11.9 Å². The molecule has 0 radical (unpaired) electrons. The molecule has 1 aromatic carbocycles. The zero-order valence-electron chi connectivity index (χ0n) is 11.8. The highest BCUT2D eigenvalue weighted by molar-refractivity contribution is 5.97. The number of carboxylic acid groups (broad SMARTS) is 1. The number of carboxylic acids is 1. The van der Waals surface area contributed by atoms with E-state index in [4.69, 9.17) is 10.4 Å². The number of benzene rings is 1. The summed E-state index contributed by atoms with van der Waals surface area (Å²) in [7, 11) is 0. The Morgan fingerprint density at radius 2 is 2.00 bits per heavy atom. The average molecular weight is 305 g/mol. The fourth-order valence-corrected chi connectivity index (χ4v) is 1.56. The van der Waals surface area contributed by atoms with Crippen LogP contribution in [-0.2, 0) is 16.1 Å². The van der Waals surface area contributed by atoms with Crippen molar-refractivity contribution in [2.24, 2.45) is 0 Å². The number of nitriles is 1. The zero-order chi connectivity index (χ0) is 16.4. The van der Waals surface area contributed by atoms with Gasteiger partial charge in [-0.25, -0.2) is 4.39 Å². The Morgan fingerprint density at radius 1 is 1.32 bits per heavy atom. The molecule has 0 heterocycles. The van der Waals surface area contributed by atoms with Gasteiger partial charge in [-0.15, -0.1) is 0 Å². The topological polar surface area (TPSA) is 102 Å². The van der Waals surface area contributed by atoms with Crippen molar-refractivity contribution in [2.75, 3.05) is 6.54 Å². The maximum Gasteiger partial charge on any atom is 0.303 e. The first-order valence-electron chi connectivity index (χ1n) is 6.61. The van der Waals surface area contributed by atoms with E-state index in [0.717, 1.165) is 5.56 Å². The van der Waals surface area contributed by atoms with Crippen molar-refractivity contribution in [2.45, 2.75) is 19.4 Å². The monoisotopic (exact) mass is 305 g/mol. The number of aliphatic carboxylic acids is 1. The predicted molar refractivity (Wildman–Crippen MR) is 76.8 cm³/mol. The van der Waals surface area contributed by atoms with Crippen molar-refractivity contribution in [1.82, 2.24) is 10.6 Å². The fourth-order valence-electron chi connectivity index (χ4n) is 1.56. The van der Waals surface area contributed by atoms with E-state index in [0.29, 0.717) is 13.0 Å². The number of nitrogens with zero attached hydrogens (tertiary/aromatic N) is 1. The van der Waals surface area contributed by atoms with Crippen LogP contribution in [0, 0.1) is 17.1 Å². The molecule has 1 amide bonds. The van der Waals surface area contributed by atoms with Crippen molar-refractivity contribution in [3.8, 4) is 6.07 Å². The van der Waals surface area contributed by atoms with Gasteiger partial charge in [-0.3, -0.25) is 9.59 Å². The predicted octanol–water partition coefficient (Wildman–Crippen LogP) is 1.30. The second kappa shape index (κ2) is 9.13. The number of hydrogen-bond donors (Lipinski definition) is 3. The Bertz CT molecular complexity index is 591. The van der Waals surface area contributed by atoms with E-state index < -0.39 is 11.9 Å². The summed E-state index contributed by atoms with van der Waals surface area (Å²) in [6, 6.07) is 7.58. The number of rotatable bonds is 8. The van der Waals surface area contributed by atoms with Crippen molar-refractivity contribution < 1.29 is 19.1 Å². The molecule has 1 aromatic rings. The van der Waals surface area contributed by atoms with Gasteiger partial charge in [0.2, 0.25) is 0 Å². The number of nitrogens with one attached hydrogen (secondary N) is 2. The molecule has 0 aliphatic rings. The number of hydrogen-bond acceptors (Lipinski definition) is 4. The molecule has 0 aliphatic carbocycles. The van der Waals surface area contributed by atoms with Crippen LogP contribution in [0.5, 0.6) is 0 Å². The van der Waals surface area contributed by atoms with E-state index in [1.165, 1.54) is 18.3 Å². The Kier molecular flexibility index (Phi) is 7.13. The average Bonchev–Trinajstić information content (AvgIpc) is 2.49. The van der Waals surface area contributed by atoms with E-state index in [9.17, 15) is 14.0 Å². The molecule has 116 valence electrons. The highest BCUT2D eigenvalue weighted by Crippen LogP contribution is 2.02. The smallest absolute Gasteiger partial charge is 0.303 e. The fraction of sp³-hybridized carbons (Fsp3) is 0.267. The molecule has 0 spiro atoms. The summed E-state index contributed by atoms with van der Waals surface area (Å²) < 4.78 is 12.7. The molecule has 0 unspecified atom stereocenters. The van der Waals surface area contributed by atoms with Gasteiger partial charge >= 0.3 is 5.97 Å². The van der Waals surface area contributed by atoms with E-state index in [1.807, 2.05) is 0 Å². The normalized spacial score (nSPS) is 10.6. The van der Waals surface area contributed by atoms with Crippen LogP contribution in [0.2, 0.25) is 0 Å². The quantitative estimate of drug-likeness (QED) is 0.382. The molecule has 6 nitrogen and oxygen atoms in total. The van der Waals surface area contributed by atoms with Crippen molar-refractivity contribution in [3.05, 3.63) is 47.4 Å². The molecule has 3 N–H and O–H groups in total. The molecular formula is C15H16FN3O3. The van der Waals surface area contributed by atoms with Crippen LogP contribution in [0.3, 0.4) is 0 Å². The minimum atomic E-state index is -0.939. The molecular weight excluding hydrogens is 289 g/mol. The second-order valence-corrected chi connectivity index (χ2v) is 4.43. The number of halogens is 1. The number of amides is 1. The van der Waals surface area contributed by atoms with E-state index in [1.54, 1.807) is 18.2 Å². The van der Waals surface area contributed by atoms with E-state index in [2.05, 4.69) is 10.6 Å². The third-order valence-corrected chi connectivity index (χ3v) is 2.68. The SMILES string of the molecule is N#C/C(=C/NCc1ccc(F)cc1)C(=O)NCCCC(=O)O. The Labute approximate surface area is 127 Å². The zero-order valence-corrected chi connectivity index (χ0v) is 11.8.